The number of nitrogens with one attached hydrogen (secondary N) is 1. The van der Waals surface area contributed by atoms with Gasteiger partial charge >= 0.3 is 0 Å². The molecule has 2 N–H and O–H groups in total. The molecule has 0 radical (unpaired) electrons. The molecule has 0 aromatic carbocycles. The SMILES string of the molecule is CCCCCCC/C=C\C/C=C\C/C=C\CCCCCCCCC(=O)NC(COP(=O)([O-])OCC[N+](C)(C)C)C(O)/C=C/CCCCCCCCCCCCCCCCCCCCCCCCCCCCCCC. The Balaban J connectivity index is 4.13. The maximum Gasteiger partial charge on any atom is 0.268 e. The second-order valence-electron chi connectivity index (χ2n) is 23.1. The van der Waals surface area contributed by atoms with Crippen molar-refractivity contribution in [2.24, 2.45) is 0 Å². The van der Waals surface area contributed by atoms with Crippen LogP contribution in [0.15, 0.2) is 48.6 Å². The van der Waals surface area contributed by atoms with E-state index in [1.165, 1.54) is 225 Å². The van der Waals surface area contributed by atoms with Crippen LogP contribution in [0.2, 0.25) is 0 Å². The van der Waals surface area contributed by atoms with Gasteiger partial charge in [-0.2, -0.15) is 0 Å². The molecule has 74 heavy (non-hydrogen) atoms. The summed E-state index contributed by atoms with van der Waals surface area (Å²) < 4.78 is 23.4. The van der Waals surface area contributed by atoms with E-state index in [-0.39, 0.29) is 19.1 Å². The molecule has 1 amide bonds. The van der Waals surface area contributed by atoms with E-state index in [0.717, 1.165) is 64.2 Å². The number of unbranched alkanes of at least 4 members (excludes halogenated alkanes) is 40. The first-order valence-corrected chi connectivity index (χ1v) is 33.5. The lowest BCUT2D eigenvalue weighted by Gasteiger charge is -2.29. The second kappa shape index (κ2) is 56.2. The summed E-state index contributed by atoms with van der Waals surface area (Å²) in [5, 5.41) is 13.9. The number of carbonyl (C=O) groups excluding carboxylic acids is 1. The first-order valence-electron chi connectivity index (χ1n) is 32.0. The standard InChI is InChI=1S/C65H125N2O6P/c1-6-8-10-12-14-16-18-20-22-24-26-28-29-30-31-32-33-34-35-36-37-39-40-42-44-46-48-50-52-54-56-58-64(68)63(62-73-74(70,71)72-61-60-67(3,4)5)66-65(69)59-57-55-53-51-49-47-45-43-41-38-27-25-23-21-19-17-15-13-11-9-7-2/h19,21,25,27,41,43,56,58,63-64,68H,6-18,20,22-24,26,28-40,42,44-55,57,59-62H2,1-5H3,(H-,66,69,70,71)/b21-19-,27-25-,43-41-,58-56+. The summed E-state index contributed by atoms with van der Waals surface area (Å²) in [6.07, 6.45) is 75.0. The van der Waals surface area contributed by atoms with Crippen LogP contribution in [0.25, 0.3) is 0 Å². The van der Waals surface area contributed by atoms with Gasteiger partial charge in [-0.05, 0) is 57.8 Å². The maximum absolute atomic E-state index is 13.0. The first-order chi connectivity index (χ1) is 36.0. The van der Waals surface area contributed by atoms with E-state index >= 15 is 0 Å². The van der Waals surface area contributed by atoms with Crippen molar-refractivity contribution in [3.8, 4) is 0 Å². The Labute approximate surface area is 460 Å². The van der Waals surface area contributed by atoms with Gasteiger partial charge in [0.25, 0.3) is 7.82 Å². The molecule has 3 unspecified atom stereocenters. The van der Waals surface area contributed by atoms with Gasteiger partial charge < -0.3 is 28.8 Å². The maximum atomic E-state index is 13.0. The van der Waals surface area contributed by atoms with E-state index in [1.54, 1.807) is 6.08 Å². The van der Waals surface area contributed by atoms with Gasteiger partial charge in [0.1, 0.15) is 13.2 Å². The average molecular weight is 1060 g/mol. The number of aliphatic hydroxyl groups excluding tert-OH is 1. The third kappa shape index (κ3) is 58.1. The van der Waals surface area contributed by atoms with Crippen molar-refractivity contribution in [1.82, 2.24) is 5.32 Å². The summed E-state index contributed by atoms with van der Waals surface area (Å²) in [7, 11) is 1.26. The fourth-order valence-electron chi connectivity index (χ4n) is 9.52. The Kier molecular flexibility index (Phi) is 55.0. The van der Waals surface area contributed by atoms with Crippen LogP contribution in [0.1, 0.15) is 309 Å². The molecule has 0 aliphatic carbocycles. The summed E-state index contributed by atoms with van der Waals surface area (Å²) in [4.78, 5) is 25.5. The lowest BCUT2D eigenvalue weighted by atomic mass is 10.0. The van der Waals surface area contributed by atoms with Crippen LogP contribution in [-0.4, -0.2) is 68.5 Å². The van der Waals surface area contributed by atoms with E-state index in [1.807, 2.05) is 27.2 Å². The number of rotatable bonds is 59. The molecule has 436 valence electrons. The Hall–Kier alpha value is -1.54. The summed E-state index contributed by atoms with van der Waals surface area (Å²) in [5.41, 5.74) is 0. The zero-order valence-corrected chi connectivity index (χ0v) is 50.7. The third-order valence-corrected chi connectivity index (χ3v) is 15.5. The highest BCUT2D eigenvalue weighted by molar-refractivity contribution is 7.45. The summed E-state index contributed by atoms with van der Waals surface area (Å²) >= 11 is 0. The molecule has 0 heterocycles. The quantitative estimate of drug-likeness (QED) is 0.0272. The molecule has 0 fully saturated rings. The topological polar surface area (TPSA) is 108 Å². The van der Waals surface area contributed by atoms with E-state index in [0.29, 0.717) is 17.4 Å². The predicted octanol–water partition coefficient (Wildman–Crippen LogP) is 19.2. The Morgan fingerprint density at radius 3 is 1.14 bits per heavy atom. The normalized spacial score (nSPS) is 14.1. The third-order valence-electron chi connectivity index (χ3n) is 14.5. The molecule has 9 heteroatoms. The summed E-state index contributed by atoms with van der Waals surface area (Å²) in [6.45, 7) is 4.66. The van der Waals surface area contributed by atoms with Crippen molar-refractivity contribution < 1.29 is 32.9 Å². The smallest absolute Gasteiger partial charge is 0.268 e. The highest BCUT2D eigenvalue weighted by Crippen LogP contribution is 2.38. The van der Waals surface area contributed by atoms with Crippen LogP contribution in [0, 0.1) is 0 Å². The number of amides is 1. The van der Waals surface area contributed by atoms with Crippen molar-refractivity contribution in [2.75, 3.05) is 40.9 Å². The van der Waals surface area contributed by atoms with Crippen molar-refractivity contribution in [1.29, 1.82) is 0 Å². The number of hydrogen-bond donors (Lipinski definition) is 2. The minimum atomic E-state index is -4.61. The van der Waals surface area contributed by atoms with Gasteiger partial charge in [-0.3, -0.25) is 9.36 Å². The van der Waals surface area contributed by atoms with Crippen LogP contribution < -0.4 is 10.2 Å². The molecular weight excluding hydrogens is 936 g/mol. The molecule has 3 atom stereocenters. The van der Waals surface area contributed by atoms with E-state index in [2.05, 4.69) is 55.6 Å². The van der Waals surface area contributed by atoms with Crippen molar-refractivity contribution in [3.63, 3.8) is 0 Å². The van der Waals surface area contributed by atoms with Gasteiger partial charge in [-0.25, -0.2) is 0 Å². The molecule has 0 spiro atoms. The molecule has 0 aromatic rings. The van der Waals surface area contributed by atoms with Gasteiger partial charge in [-0.15, -0.1) is 0 Å². The number of quaternary nitrogens is 1. The van der Waals surface area contributed by atoms with Crippen LogP contribution in [0.5, 0.6) is 0 Å². The van der Waals surface area contributed by atoms with Crippen LogP contribution in [0.3, 0.4) is 0 Å². The first kappa shape index (κ1) is 72.5. The van der Waals surface area contributed by atoms with Gasteiger partial charge in [0.15, 0.2) is 0 Å². The number of likely N-dealkylation sites (N-methyl/N-ethyl adjacent to an activating group) is 1. The highest BCUT2D eigenvalue weighted by atomic mass is 31.2. The zero-order valence-electron chi connectivity index (χ0n) is 49.8. The van der Waals surface area contributed by atoms with Crippen molar-refractivity contribution in [2.45, 2.75) is 321 Å². The molecule has 0 saturated heterocycles. The number of phosphoric ester groups is 1. The molecular formula is C65H125N2O6P. The van der Waals surface area contributed by atoms with E-state index < -0.39 is 20.0 Å². The highest BCUT2D eigenvalue weighted by Gasteiger charge is 2.23. The largest absolute Gasteiger partial charge is 0.756 e. The lowest BCUT2D eigenvalue weighted by Crippen LogP contribution is -2.45. The minimum Gasteiger partial charge on any atom is -0.756 e. The van der Waals surface area contributed by atoms with E-state index in [4.69, 9.17) is 9.05 Å². The Morgan fingerprint density at radius 2 is 0.784 bits per heavy atom. The monoisotopic (exact) mass is 1060 g/mol. The minimum absolute atomic E-state index is 0.00457. The van der Waals surface area contributed by atoms with Crippen LogP contribution >= 0.6 is 7.82 Å². The Morgan fingerprint density at radius 1 is 0.473 bits per heavy atom. The number of phosphoric acid groups is 1. The zero-order chi connectivity index (χ0) is 54.2. The Bertz CT molecular complexity index is 1340. The molecule has 0 rings (SSSR count). The number of allylic oxidation sites excluding steroid dienone is 7. The number of carbonyl (C=O) groups is 1. The molecule has 0 aromatic heterocycles. The van der Waals surface area contributed by atoms with Crippen molar-refractivity contribution >= 4 is 13.7 Å². The fraction of sp³-hybridized carbons (Fsp3) is 0.862. The fourth-order valence-corrected chi connectivity index (χ4v) is 10.2. The molecule has 0 aliphatic rings. The summed E-state index contributed by atoms with van der Waals surface area (Å²) in [5.74, 6) is -0.207. The number of hydrogen-bond acceptors (Lipinski definition) is 6. The van der Waals surface area contributed by atoms with Gasteiger partial charge in [0, 0.05) is 6.42 Å². The van der Waals surface area contributed by atoms with Crippen LogP contribution in [0.4, 0.5) is 0 Å². The molecule has 0 saturated carbocycles. The van der Waals surface area contributed by atoms with Crippen molar-refractivity contribution in [3.05, 3.63) is 48.6 Å². The van der Waals surface area contributed by atoms with Crippen LogP contribution in [-0.2, 0) is 18.4 Å². The van der Waals surface area contributed by atoms with Gasteiger partial charge in [0.2, 0.25) is 5.91 Å². The van der Waals surface area contributed by atoms with E-state index in [9.17, 15) is 19.4 Å². The van der Waals surface area contributed by atoms with Gasteiger partial charge in [0.05, 0.1) is 39.9 Å². The van der Waals surface area contributed by atoms with Gasteiger partial charge in [-0.1, -0.05) is 294 Å². The molecule has 0 aliphatic heterocycles. The lowest BCUT2D eigenvalue weighted by molar-refractivity contribution is -0.870. The number of nitrogens with zero attached hydrogens (tertiary/aromatic N) is 1. The molecule has 0 bridgehead atoms. The predicted molar refractivity (Wildman–Crippen MR) is 321 cm³/mol. The molecule has 8 nitrogen and oxygen atoms in total. The number of aliphatic hydroxyl groups is 1. The average Bonchev–Trinajstić information content (AvgIpc) is 3.36. The second-order valence-corrected chi connectivity index (χ2v) is 24.5. The summed E-state index contributed by atoms with van der Waals surface area (Å²) in [6, 6.07) is -0.896.